The highest BCUT2D eigenvalue weighted by Gasteiger charge is 2.21. The van der Waals surface area contributed by atoms with E-state index in [0.717, 1.165) is 5.56 Å². The van der Waals surface area contributed by atoms with Gasteiger partial charge in [0.15, 0.2) is 0 Å². The van der Waals surface area contributed by atoms with Crippen molar-refractivity contribution < 1.29 is 8.42 Å². The fraction of sp³-hybridized carbons (Fsp3) is 0.143. The molecular formula is C14H13N3O2S. The van der Waals surface area contributed by atoms with Gasteiger partial charge in [-0.3, -0.25) is 9.29 Å². The lowest BCUT2D eigenvalue weighted by Gasteiger charge is -2.19. The number of pyridine rings is 1. The molecule has 1 heterocycles. The van der Waals surface area contributed by atoms with Crippen molar-refractivity contribution in [2.75, 3.05) is 11.4 Å². The highest BCUT2D eigenvalue weighted by atomic mass is 32.2. The highest BCUT2D eigenvalue weighted by molar-refractivity contribution is 7.92. The van der Waals surface area contributed by atoms with E-state index >= 15 is 0 Å². The summed E-state index contributed by atoms with van der Waals surface area (Å²) in [6, 6.07) is 11.7. The van der Waals surface area contributed by atoms with Gasteiger partial charge in [0.05, 0.1) is 29.3 Å². The molecule has 0 radical (unpaired) electrons. The summed E-state index contributed by atoms with van der Waals surface area (Å²) < 4.78 is 26.0. The minimum absolute atomic E-state index is 0.186. The van der Waals surface area contributed by atoms with E-state index in [1.54, 1.807) is 30.5 Å². The molecular weight excluding hydrogens is 274 g/mol. The maximum atomic E-state index is 12.4. The lowest BCUT2D eigenvalue weighted by Crippen LogP contribution is -2.26. The molecule has 2 rings (SSSR count). The molecule has 0 unspecified atom stereocenters. The molecule has 0 aliphatic carbocycles. The summed E-state index contributed by atoms with van der Waals surface area (Å²) in [4.78, 5) is 4.09. The van der Waals surface area contributed by atoms with E-state index < -0.39 is 10.0 Å². The number of hydrogen-bond donors (Lipinski definition) is 0. The van der Waals surface area contributed by atoms with E-state index in [0.29, 0.717) is 5.69 Å². The first kappa shape index (κ1) is 14.0. The van der Waals surface area contributed by atoms with Gasteiger partial charge in [0.25, 0.3) is 10.0 Å². The summed E-state index contributed by atoms with van der Waals surface area (Å²) in [7, 11) is -2.13. The zero-order valence-corrected chi connectivity index (χ0v) is 11.7. The Morgan fingerprint density at radius 2 is 1.95 bits per heavy atom. The van der Waals surface area contributed by atoms with Gasteiger partial charge < -0.3 is 0 Å². The molecule has 0 N–H and O–H groups in total. The van der Waals surface area contributed by atoms with E-state index in [1.165, 1.54) is 29.7 Å². The lowest BCUT2D eigenvalue weighted by molar-refractivity contribution is 0.594. The number of nitriles is 1. The van der Waals surface area contributed by atoms with Gasteiger partial charge in [-0.05, 0) is 29.8 Å². The number of sulfonamides is 1. The largest absolute Gasteiger partial charge is 0.268 e. The molecule has 0 amide bonds. The van der Waals surface area contributed by atoms with Crippen LogP contribution in [-0.2, 0) is 16.4 Å². The first-order valence-electron chi connectivity index (χ1n) is 5.90. The van der Waals surface area contributed by atoms with Crippen molar-refractivity contribution in [1.82, 2.24) is 4.98 Å². The standard InChI is InChI=1S/C14H13N3O2S/c1-17(13-3-2-10-16-11-13)20(18,19)14-6-4-12(5-7-14)8-9-15/h2-7,10-11H,8H2,1H3. The number of aromatic nitrogens is 1. The van der Waals surface area contributed by atoms with Crippen molar-refractivity contribution in [3.05, 3.63) is 54.4 Å². The topological polar surface area (TPSA) is 74.1 Å². The average Bonchev–Trinajstić information content (AvgIpc) is 2.48. The van der Waals surface area contributed by atoms with Gasteiger partial charge in [0.1, 0.15) is 0 Å². The quantitative estimate of drug-likeness (QED) is 0.861. The van der Waals surface area contributed by atoms with Crippen LogP contribution in [-0.4, -0.2) is 20.4 Å². The summed E-state index contributed by atoms with van der Waals surface area (Å²) in [6.45, 7) is 0. The second kappa shape index (κ2) is 5.72. The van der Waals surface area contributed by atoms with E-state index in [4.69, 9.17) is 5.26 Å². The molecule has 102 valence electrons. The molecule has 5 nitrogen and oxygen atoms in total. The van der Waals surface area contributed by atoms with Crippen molar-refractivity contribution in [1.29, 1.82) is 5.26 Å². The van der Waals surface area contributed by atoms with E-state index in [1.807, 2.05) is 6.07 Å². The zero-order chi connectivity index (χ0) is 14.6. The lowest BCUT2D eigenvalue weighted by atomic mass is 10.2. The van der Waals surface area contributed by atoms with Crippen molar-refractivity contribution in [2.24, 2.45) is 0 Å². The van der Waals surface area contributed by atoms with Crippen LogP contribution in [0.15, 0.2) is 53.7 Å². The number of nitrogens with zero attached hydrogens (tertiary/aromatic N) is 3. The van der Waals surface area contributed by atoms with Gasteiger partial charge >= 0.3 is 0 Å². The Bertz CT molecular complexity index is 719. The summed E-state index contributed by atoms with van der Waals surface area (Å²) in [6.07, 6.45) is 3.33. The Kier molecular flexibility index (Phi) is 4.01. The van der Waals surface area contributed by atoms with Crippen LogP contribution in [0.3, 0.4) is 0 Å². The van der Waals surface area contributed by atoms with Crippen molar-refractivity contribution in [3.8, 4) is 6.07 Å². The molecule has 6 heteroatoms. The minimum atomic E-state index is -3.61. The molecule has 0 bridgehead atoms. The van der Waals surface area contributed by atoms with Crippen molar-refractivity contribution >= 4 is 15.7 Å². The normalized spacial score (nSPS) is 10.8. The smallest absolute Gasteiger partial charge is 0.264 e. The van der Waals surface area contributed by atoms with Gasteiger partial charge in [-0.15, -0.1) is 0 Å². The zero-order valence-electron chi connectivity index (χ0n) is 10.9. The van der Waals surface area contributed by atoms with Crippen LogP contribution in [0, 0.1) is 11.3 Å². The minimum Gasteiger partial charge on any atom is -0.268 e. The fourth-order valence-electron chi connectivity index (χ4n) is 1.71. The monoisotopic (exact) mass is 287 g/mol. The Hall–Kier alpha value is -2.39. The van der Waals surface area contributed by atoms with E-state index in [-0.39, 0.29) is 11.3 Å². The Morgan fingerprint density at radius 3 is 2.50 bits per heavy atom. The third-order valence-electron chi connectivity index (χ3n) is 2.87. The molecule has 2 aromatic rings. The SMILES string of the molecule is CN(c1cccnc1)S(=O)(=O)c1ccc(CC#N)cc1. The molecule has 0 saturated heterocycles. The summed E-state index contributed by atoms with van der Waals surface area (Å²) in [5, 5.41) is 8.60. The Morgan fingerprint density at radius 1 is 1.25 bits per heavy atom. The molecule has 1 aromatic carbocycles. The van der Waals surface area contributed by atoms with E-state index in [9.17, 15) is 8.42 Å². The molecule has 0 spiro atoms. The number of benzene rings is 1. The predicted molar refractivity (Wildman–Crippen MR) is 75.6 cm³/mol. The Labute approximate surface area is 118 Å². The van der Waals surface area contributed by atoms with Crippen LogP contribution in [0.5, 0.6) is 0 Å². The molecule has 1 aromatic heterocycles. The van der Waals surface area contributed by atoms with Crippen LogP contribution >= 0.6 is 0 Å². The number of hydrogen-bond acceptors (Lipinski definition) is 4. The number of rotatable bonds is 4. The van der Waals surface area contributed by atoms with Gasteiger partial charge in [-0.2, -0.15) is 5.26 Å². The van der Waals surface area contributed by atoms with Crippen LogP contribution in [0.1, 0.15) is 5.56 Å². The first-order chi connectivity index (χ1) is 9.55. The number of anilines is 1. The maximum Gasteiger partial charge on any atom is 0.264 e. The summed E-state index contributed by atoms with van der Waals surface area (Å²) >= 11 is 0. The Balaban J connectivity index is 2.33. The second-order valence-electron chi connectivity index (χ2n) is 4.16. The van der Waals surface area contributed by atoms with Gasteiger partial charge in [-0.25, -0.2) is 8.42 Å². The van der Waals surface area contributed by atoms with Crippen LogP contribution in [0.25, 0.3) is 0 Å². The third kappa shape index (κ3) is 2.78. The van der Waals surface area contributed by atoms with Crippen LogP contribution in [0.4, 0.5) is 5.69 Å². The predicted octanol–water partition coefficient (Wildman–Crippen LogP) is 1.97. The molecule has 20 heavy (non-hydrogen) atoms. The maximum absolute atomic E-state index is 12.4. The first-order valence-corrected chi connectivity index (χ1v) is 7.34. The molecule has 0 saturated carbocycles. The van der Waals surface area contributed by atoms with Gasteiger partial charge in [-0.1, -0.05) is 12.1 Å². The van der Waals surface area contributed by atoms with Crippen LogP contribution < -0.4 is 4.31 Å². The summed E-state index contributed by atoms with van der Waals surface area (Å²) in [5.41, 5.74) is 1.28. The van der Waals surface area contributed by atoms with Crippen molar-refractivity contribution in [3.63, 3.8) is 0 Å². The fourth-order valence-corrected chi connectivity index (χ4v) is 2.89. The van der Waals surface area contributed by atoms with Crippen molar-refractivity contribution in [2.45, 2.75) is 11.3 Å². The third-order valence-corrected chi connectivity index (χ3v) is 4.67. The second-order valence-corrected chi connectivity index (χ2v) is 6.13. The van der Waals surface area contributed by atoms with Gasteiger partial charge in [0.2, 0.25) is 0 Å². The average molecular weight is 287 g/mol. The van der Waals surface area contributed by atoms with E-state index in [2.05, 4.69) is 4.98 Å². The molecule has 0 aliphatic rings. The van der Waals surface area contributed by atoms with Gasteiger partial charge in [0, 0.05) is 13.2 Å². The molecule has 0 fully saturated rings. The molecule has 0 aliphatic heterocycles. The highest BCUT2D eigenvalue weighted by Crippen LogP contribution is 2.21. The summed E-state index contributed by atoms with van der Waals surface area (Å²) in [5.74, 6) is 0. The molecule has 0 atom stereocenters. The van der Waals surface area contributed by atoms with Crippen LogP contribution in [0.2, 0.25) is 0 Å².